The third kappa shape index (κ3) is 2.85. The number of hydrogen-bond donors (Lipinski definition) is 2. The van der Waals surface area contributed by atoms with Crippen LogP contribution in [0.2, 0.25) is 0 Å². The van der Waals surface area contributed by atoms with Gasteiger partial charge in [0.2, 0.25) is 0 Å². The summed E-state index contributed by atoms with van der Waals surface area (Å²) in [6, 6.07) is 12.6. The van der Waals surface area contributed by atoms with E-state index < -0.39 is 11.9 Å². The Hall–Kier alpha value is -2.62. The largest absolute Gasteiger partial charge is 0.508 e. The number of ketones is 1. The van der Waals surface area contributed by atoms with E-state index >= 15 is 0 Å². The lowest BCUT2D eigenvalue weighted by molar-refractivity contribution is -0.138. The molecule has 0 radical (unpaired) electrons. The lowest BCUT2D eigenvalue weighted by Crippen LogP contribution is -2.08. The van der Waals surface area contributed by atoms with Gasteiger partial charge >= 0.3 is 5.97 Å². The molecule has 2 rings (SSSR count). The Morgan fingerprint density at radius 1 is 1.00 bits per heavy atom. The molecular formula is C16H14O4. The highest BCUT2D eigenvalue weighted by molar-refractivity contribution is 6.09. The molecule has 0 bridgehead atoms. The minimum atomic E-state index is -0.906. The molecular weight excluding hydrogens is 256 g/mol. The summed E-state index contributed by atoms with van der Waals surface area (Å²) in [4.78, 5) is 23.1. The molecule has 0 amide bonds. The molecule has 0 aliphatic rings. The highest BCUT2D eigenvalue weighted by Crippen LogP contribution is 2.19. The molecule has 20 heavy (non-hydrogen) atoms. The van der Waals surface area contributed by atoms with E-state index in [0.717, 1.165) is 0 Å². The van der Waals surface area contributed by atoms with Gasteiger partial charge in [-0.3, -0.25) is 9.59 Å². The van der Waals surface area contributed by atoms with Crippen LogP contribution in [-0.2, 0) is 4.79 Å². The Morgan fingerprint density at radius 3 is 2.20 bits per heavy atom. The van der Waals surface area contributed by atoms with Crippen LogP contribution < -0.4 is 0 Å². The fourth-order valence-electron chi connectivity index (χ4n) is 1.88. The van der Waals surface area contributed by atoms with Gasteiger partial charge < -0.3 is 10.2 Å². The van der Waals surface area contributed by atoms with Crippen LogP contribution >= 0.6 is 0 Å². The van der Waals surface area contributed by atoms with E-state index in [9.17, 15) is 14.7 Å². The average molecular weight is 270 g/mol. The molecule has 0 aromatic heterocycles. The maximum atomic E-state index is 12.2. The summed E-state index contributed by atoms with van der Waals surface area (Å²) >= 11 is 0. The van der Waals surface area contributed by atoms with Gasteiger partial charge in [-0.2, -0.15) is 0 Å². The number of aromatic hydroxyl groups is 1. The van der Waals surface area contributed by atoms with Crippen molar-refractivity contribution < 1.29 is 19.8 Å². The zero-order valence-electron chi connectivity index (χ0n) is 10.9. The van der Waals surface area contributed by atoms with Gasteiger partial charge in [0.15, 0.2) is 5.78 Å². The number of phenols is 1. The van der Waals surface area contributed by atoms with Crippen molar-refractivity contribution in [3.8, 4) is 5.75 Å². The third-order valence-electron chi connectivity index (χ3n) is 3.15. The van der Waals surface area contributed by atoms with Gasteiger partial charge in [-0.05, 0) is 24.6 Å². The Balaban J connectivity index is 2.26. The van der Waals surface area contributed by atoms with Crippen LogP contribution in [0.25, 0.3) is 0 Å². The summed E-state index contributed by atoms with van der Waals surface area (Å²) < 4.78 is 0. The number of phenolic OH excluding ortho intramolecular Hbond substituents is 1. The summed E-state index contributed by atoms with van der Waals surface area (Å²) in [5, 5.41) is 18.3. The summed E-state index contributed by atoms with van der Waals surface area (Å²) in [6.45, 7) is 1.59. The lowest BCUT2D eigenvalue weighted by Gasteiger charge is -2.07. The Kier molecular flexibility index (Phi) is 3.84. The highest BCUT2D eigenvalue weighted by Gasteiger charge is 2.15. The Bertz CT molecular complexity index is 644. The first-order valence-electron chi connectivity index (χ1n) is 6.15. The van der Waals surface area contributed by atoms with Crippen molar-refractivity contribution in [3.63, 3.8) is 0 Å². The van der Waals surface area contributed by atoms with Crippen molar-refractivity contribution in [2.45, 2.75) is 12.8 Å². The molecule has 0 heterocycles. The summed E-state index contributed by atoms with van der Waals surface area (Å²) in [5.41, 5.74) is 1.49. The molecule has 0 aliphatic heterocycles. The second kappa shape index (κ2) is 5.57. The van der Waals surface area contributed by atoms with Crippen LogP contribution in [0.5, 0.6) is 5.75 Å². The highest BCUT2D eigenvalue weighted by atomic mass is 16.4. The van der Waals surface area contributed by atoms with Gasteiger partial charge in [-0.1, -0.05) is 36.4 Å². The van der Waals surface area contributed by atoms with Gasteiger partial charge in [0, 0.05) is 11.1 Å². The van der Waals surface area contributed by atoms with E-state index in [0.29, 0.717) is 16.7 Å². The molecule has 4 heteroatoms. The van der Waals surface area contributed by atoms with Gasteiger partial charge in [0.1, 0.15) is 5.75 Å². The fourth-order valence-corrected chi connectivity index (χ4v) is 1.88. The zero-order chi connectivity index (χ0) is 14.7. The summed E-state index contributed by atoms with van der Waals surface area (Å²) in [6.07, 6.45) is 0. The number of rotatable bonds is 4. The molecule has 4 nitrogen and oxygen atoms in total. The zero-order valence-corrected chi connectivity index (χ0v) is 10.9. The van der Waals surface area contributed by atoms with Gasteiger partial charge in [0.25, 0.3) is 0 Å². The van der Waals surface area contributed by atoms with Crippen molar-refractivity contribution in [1.29, 1.82) is 0 Å². The van der Waals surface area contributed by atoms with Crippen molar-refractivity contribution in [1.82, 2.24) is 0 Å². The molecule has 0 aliphatic carbocycles. The van der Waals surface area contributed by atoms with E-state index in [-0.39, 0.29) is 11.5 Å². The van der Waals surface area contributed by atoms with E-state index in [1.807, 2.05) is 0 Å². The monoisotopic (exact) mass is 270 g/mol. The third-order valence-corrected chi connectivity index (χ3v) is 3.15. The standard InChI is InChI=1S/C16H14O4/c1-10(16(19)20)11-5-7-12(8-6-11)15(18)13-3-2-4-14(17)9-13/h2-10,17H,1H3,(H,19,20). The van der Waals surface area contributed by atoms with Crippen LogP contribution in [0.4, 0.5) is 0 Å². The SMILES string of the molecule is CC(C(=O)O)c1ccc(C(=O)c2cccc(O)c2)cc1. The number of hydrogen-bond acceptors (Lipinski definition) is 3. The van der Waals surface area contributed by atoms with Crippen LogP contribution in [0.15, 0.2) is 48.5 Å². The first-order valence-corrected chi connectivity index (χ1v) is 6.15. The maximum Gasteiger partial charge on any atom is 0.310 e. The van der Waals surface area contributed by atoms with Crippen molar-refractivity contribution >= 4 is 11.8 Å². The Labute approximate surface area is 116 Å². The summed E-state index contributed by atoms with van der Waals surface area (Å²) in [5.74, 6) is -1.70. The first kappa shape index (κ1) is 13.8. The molecule has 2 N–H and O–H groups in total. The van der Waals surface area contributed by atoms with E-state index in [4.69, 9.17) is 5.11 Å². The smallest absolute Gasteiger partial charge is 0.310 e. The molecule has 1 unspecified atom stereocenters. The number of carbonyl (C=O) groups excluding carboxylic acids is 1. The molecule has 0 saturated carbocycles. The van der Waals surface area contributed by atoms with E-state index in [2.05, 4.69) is 0 Å². The van der Waals surface area contributed by atoms with Crippen molar-refractivity contribution in [2.75, 3.05) is 0 Å². The van der Waals surface area contributed by atoms with Crippen LogP contribution in [0, 0.1) is 0 Å². The van der Waals surface area contributed by atoms with Crippen molar-refractivity contribution in [3.05, 3.63) is 65.2 Å². The minimum Gasteiger partial charge on any atom is -0.508 e. The topological polar surface area (TPSA) is 74.6 Å². The van der Waals surface area contributed by atoms with Crippen LogP contribution in [-0.4, -0.2) is 22.0 Å². The van der Waals surface area contributed by atoms with E-state index in [1.165, 1.54) is 12.1 Å². The molecule has 0 saturated heterocycles. The van der Waals surface area contributed by atoms with Gasteiger partial charge in [-0.15, -0.1) is 0 Å². The normalized spacial score (nSPS) is 11.8. The predicted octanol–water partition coefficient (Wildman–Crippen LogP) is 2.81. The molecule has 0 spiro atoms. The van der Waals surface area contributed by atoms with E-state index in [1.54, 1.807) is 43.3 Å². The second-order valence-electron chi connectivity index (χ2n) is 4.56. The second-order valence-corrected chi connectivity index (χ2v) is 4.56. The number of carboxylic acids is 1. The molecule has 1 atom stereocenters. The summed E-state index contributed by atoms with van der Waals surface area (Å²) in [7, 11) is 0. The average Bonchev–Trinajstić information content (AvgIpc) is 2.46. The van der Waals surface area contributed by atoms with Gasteiger partial charge in [0.05, 0.1) is 5.92 Å². The fraction of sp³-hybridized carbons (Fsp3) is 0.125. The van der Waals surface area contributed by atoms with Crippen LogP contribution in [0.1, 0.15) is 34.3 Å². The number of aliphatic carboxylic acids is 1. The minimum absolute atomic E-state index is 0.0342. The molecule has 102 valence electrons. The lowest BCUT2D eigenvalue weighted by atomic mass is 9.97. The quantitative estimate of drug-likeness (QED) is 0.838. The first-order chi connectivity index (χ1) is 9.49. The Morgan fingerprint density at radius 2 is 1.65 bits per heavy atom. The molecule has 0 fully saturated rings. The van der Waals surface area contributed by atoms with Crippen LogP contribution in [0.3, 0.4) is 0 Å². The van der Waals surface area contributed by atoms with Gasteiger partial charge in [-0.25, -0.2) is 0 Å². The van der Waals surface area contributed by atoms with Crippen molar-refractivity contribution in [2.24, 2.45) is 0 Å². The number of carboxylic acid groups (broad SMARTS) is 1. The predicted molar refractivity (Wildman–Crippen MR) is 74.0 cm³/mol. The molecule has 2 aromatic carbocycles. The maximum absolute atomic E-state index is 12.2. The number of benzene rings is 2. The molecule has 2 aromatic rings. The number of carbonyl (C=O) groups is 2.